The molecule has 0 saturated carbocycles. The lowest BCUT2D eigenvalue weighted by atomic mass is 10.1. The third kappa shape index (κ3) is 2.90. The van der Waals surface area contributed by atoms with Crippen LogP contribution in [0, 0.1) is 0 Å². The van der Waals surface area contributed by atoms with Gasteiger partial charge >= 0.3 is 0 Å². The van der Waals surface area contributed by atoms with Crippen molar-refractivity contribution in [3.63, 3.8) is 0 Å². The molecular weight excluding hydrogens is 246 g/mol. The number of phenolic OH excluding ortho intramolecular Hbond substituents is 1. The quantitative estimate of drug-likeness (QED) is 0.852. The number of hydrogen-bond acceptors (Lipinski definition) is 4. The molecule has 1 aliphatic heterocycles. The maximum atomic E-state index is 12.3. The van der Waals surface area contributed by atoms with E-state index in [1.54, 1.807) is 18.2 Å². The largest absolute Gasteiger partial charge is 0.508 e. The number of carbonyl (C=O) groups is 2. The molecule has 0 aromatic heterocycles. The van der Waals surface area contributed by atoms with E-state index in [-0.39, 0.29) is 24.0 Å². The molecule has 19 heavy (non-hydrogen) atoms. The third-order valence-electron chi connectivity index (χ3n) is 2.85. The minimum atomic E-state index is -0.256. The maximum absolute atomic E-state index is 12.3. The third-order valence-corrected chi connectivity index (χ3v) is 2.85. The minimum absolute atomic E-state index is 0.0997. The van der Waals surface area contributed by atoms with Crippen LogP contribution in [-0.4, -0.2) is 29.2 Å². The van der Waals surface area contributed by atoms with Crippen LogP contribution in [0.5, 0.6) is 5.75 Å². The van der Waals surface area contributed by atoms with Gasteiger partial charge in [0, 0.05) is 31.1 Å². The van der Waals surface area contributed by atoms with Crippen molar-refractivity contribution < 1.29 is 14.7 Å². The van der Waals surface area contributed by atoms with Crippen LogP contribution in [0.25, 0.3) is 0 Å². The average Bonchev–Trinajstić information content (AvgIpc) is 2.40. The van der Waals surface area contributed by atoms with E-state index in [9.17, 15) is 14.7 Å². The molecule has 2 N–H and O–H groups in total. The predicted octanol–water partition coefficient (Wildman–Crippen LogP) is 1.01. The molecule has 0 aliphatic carbocycles. The van der Waals surface area contributed by atoms with E-state index in [1.807, 2.05) is 6.92 Å². The van der Waals surface area contributed by atoms with Crippen LogP contribution < -0.4 is 10.3 Å². The second kappa shape index (κ2) is 5.51. The highest BCUT2D eigenvalue weighted by Crippen LogP contribution is 2.20. The SMILES string of the molecule is CCN(C(=O)C1=NNC(=O)CC1)c1cccc(O)c1. The Bertz CT molecular complexity index is 540. The van der Waals surface area contributed by atoms with Gasteiger partial charge in [-0.15, -0.1) is 0 Å². The number of phenols is 1. The van der Waals surface area contributed by atoms with Crippen LogP contribution in [0.1, 0.15) is 19.8 Å². The Hall–Kier alpha value is -2.37. The Morgan fingerprint density at radius 2 is 2.26 bits per heavy atom. The van der Waals surface area contributed by atoms with Crippen molar-refractivity contribution in [2.45, 2.75) is 19.8 Å². The summed E-state index contributed by atoms with van der Waals surface area (Å²) in [5, 5.41) is 13.2. The van der Waals surface area contributed by atoms with Gasteiger partial charge in [-0.2, -0.15) is 5.10 Å². The first-order valence-electron chi connectivity index (χ1n) is 6.08. The first-order chi connectivity index (χ1) is 9.11. The average molecular weight is 261 g/mol. The highest BCUT2D eigenvalue weighted by molar-refractivity contribution is 6.44. The summed E-state index contributed by atoms with van der Waals surface area (Å²) in [4.78, 5) is 24.8. The fraction of sp³-hybridized carbons (Fsp3) is 0.308. The number of nitrogens with zero attached hydrogens (tertiary/aromatic N) is 2. The van der Waals surface area contributed by atoms with Crippen molar-refractivity contribution in [3.8, 4) is 5.75 Å². The molecule has 0 bridgehead atoms. The molecule has 0 radical (unpaired) electrons. The Morgan fingerprint density at radius 1 is 1.47 bits per heavy atom. The molecule has 6 nitrogen and oxygen atoms in total. The number of benzene rings is 1. The van der Waals surface area contributed by atoms with E-state index in [0.717, 1.165) is 0 Å². The lowest BCUT2D eigenvalue weighted by Crippen LogP contribution is -2.40. The molecule has 100 valence electrons. The van der Waals surface area contributed by atoms with Crippen molar-refractivity contribution in [3.05, 3.63) is 24.3 Å². The van der Waals surface area contributed by atoms with Crippen LogP contribution in [0.15, 0.2) is 29.4 Å². The van der Waals surface area contributed by atoms with Gasteiger partial charge in [0.2, 0.25) is 5.91 Å². The van der Waals surface area contributed by atoms with E-state index in [4.69, 9.17) is 0 Å². The molecule has 0 saturated heterocycles. The van der Waals surface area contributed by atoms with E-state index >= 15 is 0 Å². The number of rotatable bonds is 3. The summed E-state index contributed by atoms with van der Waals surface area (Å²) in [5.41, 5.74) is 3.23. The molecular formula is C13H15N3O3. The van der Waals surface area contributed by atoms with Crippen LogP contribution >= 0.6 is 0 Å². The van der Waals surface area contributed by atoms with Crippen molar-refractivity contribution in [2.75, 3.05) is 11.4 Å². The van der Waals surface area contributed by atoms with Gasteiger partial charge in [-0.05, 0) is 19.1 Å². The first-order valence-corrected chi connectivity index (χ1v) is 6.08. The Morgan fingerprint density at radius 3 is 2.84 bits per heavy atom. The topological polar surface area (TPSA) is 82.0 Å². The highest BCUT2D eigenvalue weighted by atomic mass is 16.3. The summed E-state index contributed by atoms with van der Waals surface area (Å²) in [6.45, 7) is 2.29. The molecule has 0 spiro atoms. The first kappa shape index (κ1) is 13.1. The molecule has 2 amide bonds. The van der Waals surface area contributed by atoms with Gasteiger partial charge in [0.05, 0.1) is 0 Å². The standard InChI is InChI=1S/C13H15N3O3/c1-2-16(9-4-3-5-10(17)8-9)13(19)11-6-7-12(18)15-14-11/h3-5,8,17H,2,6-7H2,1H3,(H,15,18). The van der Waals surface area contributed by atoms with E-state index in [2.05, 4.69) is 10.5 Å². The van der Waals surface area contributed by atoms with Crippen LogP contribution in [0.2, 0.25) is 0 Å². The van der Waals surface area contributed by atoms with Gasteiger partial charge in [-0.3, -0.25) is 9.59 Å². The molecule has 2 rings (SSSR count). The number of hydrogen-bond donors (Lipinski definition) is 2. The summed E-state index contributed by atoms with van der Waals surface area (Å²) >= 11 is 0. The summed E-state index contributed by atoms with van der Waals surface area (Å²) in [5.74, 6) is -0.340. The second-order valence-corrected chi connectivity index (χ2v) is 4.16. The van der Waals surface area contributed by atoms with E-state index in [0.29, 0.717) is 24.4 Å². The fourth-order valence-corrected chi connectivity index (χ4v) is 1.89. The lowest BCUT2D eigenvalue weighted by molar-refractivity contribution is -0.121. The summed E-state index contributed by atoms with van der Waals surface area (Å²) in [6.07, 6.45) is 0.599. The highest BCUT2D eigenvalue weighted by Gasteiger charge is 2.23. The van der Waals surface area contributed by atoms with Crippen molar-refractivity contribution >= 4 is 23.2 Å². The number of carbonyl (C=O) groups excluding carboxylic acids is 2. The molecule has 1 aromatic rings. The van der Waals surface area contributed by atoms with Gasteiger partial charge < -0.3 is 10.0 Å². The van der Waals surface area contributed by atoms with Crippen LogP contribution in [0.4, 0.5) is 5.69 Å². The molecule has 1 aliphatic rings. The number of anilines is 1. The van der Waals surface area contributed by atoms with Crippen molar-refractivity contribution in [1.29, 1.82) is 0 Å². The second-order valence-electron chi connectivity index (χ2n) is 4.16. The lowest BCUT2D eigenvalue weighted by Gasteiger charge is -2.23. The van der Waals surface area contributed by atoms with Gasteiger partial charge in [0.1, 0.15) is 11.5 Å². The van der Waals surface area contributed by atoms with Gasteiger partial charge in [0.25, 0.3) is 5.91 Å². The van der Waals surface area contributed by atoms with E-state index in [1.165, 1.54) is 11.0 Å². The zero-order chi connectivity index (χ0) is 13.8. The van der Waals surface area contributed by atoms with Gasteiger partial charge in [-0.1, -0.05) is 6.07 Å². The summed E-state index contributed by atoms with van der Waals surface area (Å²) < 4.78 is 0. The number of amides is 2. The van der Waals surface area contributed by atoms with E-state index < -0.39 is 0 Å². The molecule has 0 unspecified atom stereocenters. The Balaban J connectivity index is 2.22. The Labute approximate surface area is 110 Å². The minimum Gasteiger partial charge on any atom is -0.508 e. The number of hydrazone groups is 1. The predicted molar refractivity (Wildman–Crippen MR) is 70.9 cm³/mol. The number of nitrogens with one attached hydrogen (secondary N) is 1. The van der Waals surface area contributed by atoms with Crippen LogP contribution in [0.3, 0.4) is 0 Å². The summed E-state index contributed by atoms with van der Waals surface area (Å²) in [7, 11) is 0. The van der Waals surface area contributed by atoms with Crippen LogP contribution in [-0.2, 0) is 9.59 Å². The summed E-state index contributed by atoms with van der Waals surface area (Å²) in [6, 6.07) is 6.47. The van der Waals surface area contributed by atoms with Gasteiger partial charge in [-0.25, -0.2) is 5.43 Å². The smallest absolute Gasteiger partial charge is 0.274 e. The number of aromatic hydroxyl groups is 1. The normalized spacial score (nSPS) is 14.6. The Kier molecular flexibility index (Phi) is 3.79. The zero-order valence-corrected chi connectivity index (χ0v) is 10.6. The molecule has 1 heterocycles. The van der Waals surface area contributed by atoms with Crippen molar-refractivity contribution in [2.24, 2.45) is 5.10 Å². The zero-order valence-electron chi connectivity index (χ0n) is 10.6. The van der Waals surface area contributed by atoms with Gasteiger partial charge in [0.15, 0.2) is 0 Å². The molecule has 0 fully saturated rings. The molecule has 1 aromatic carbocycles. The monoisotopic (exact) mass is 261 g/mol. The maximum Gasteiger partial charge on any atom is 0.274 e. The molecule has 0 atom stereocenters. The van der Waals surface area contributed by atoms with Crippen molar-refractivity contribution in [1.82, 2.24) is 5.43 Å². The fourth-order valence-electron chi connectivity index (χ4n) is 1.89. The molecule has 6 heteroatoms.